The largest absolute Gasteiger partial charge is 0.374 e. The van der Waals surface area contributed by atoms with Crippen molar-refractivity contribution in [1.82, 2.24) is 20.4 Å². The van der Waals surface area contributed by atoms with Crippen molar-refractivity contribution in [2.24, 2.45) is 10.9 Å². The third-order valence-electron chi connectivity index (χ3n) is 5.48. The van der Waals surface area contributed by atoms with Crippen LogP contribution in [0.1, 0.15) is 46.5 Å². The third-order valence-corrected chi connectivity index (χ3v) is 5.48. The highest BCUT2D eigenvalue weighted by atomic mass is 16.5. The van der Waals surface area contributed by atoms with Crippen LogP contribution in [0.2, 0.25) is 0 Å². The van der Waals surface area contributed by atoms with Crippen LogP contribution in [0.5, 0.6) is 0 Å². The summed E-state index contributed by atoms with van der Waals surface area (Å²) in [5, 5.41) is 6.92. The van der Waals surface area contributed by atoms with Crippen LogP contribution in [0, 0.1) is 5.92 Å². The van der Waals surface area contributed by atoms with E-state index in [0.29, 0.717) is 5.92 Å². The van der Waals surface area contributed by atoms with E-state index in [1.54, 1.807) is 0 Å². The predicted molar refractivity (Wildman–Crippen MR) is 110 cm³/mol. The Morgan fingerprint density at radius 3 is 2.81 bits per heavy atom. The van der Waals surface area contributed by atoms with E-state index in [-0.39, 0.29) is 6.10 Å². The molecule has 0 aromatic rings. The standard InChI is InChI=1S/C20H41N5O/c1-5-18-8-6-7-10-25(18)11-9-22-20(21-4)23-14-19-16-24(12-13-26-19)15-17(2)3/h17-19H,5-16H2,1-4H3,(H2,21,22,23). The fourth-order valence-electron chi connectivity index (χ4n) is 4.15. The van der Waals surface area contributed by atoms with E-state index < -0.39 is 0 Å². The summed E-state index contributed by atoms with van der Waals surface area (Å²) < 4.78 is 5.92. The Balaban J connectivity index is 1.66. The van der Waals surface area contributed by atoms with Gasteiger partial charge in [-0.05, 0) is 31.7 Å². The number of ether oxygens (including phenoxy) is 1. The van der Waals surface area contributed by atoms with Gasteiger partial charge in [0, 0.05) is 52.4 Å². The number of hydrogen-bond acceptors (Lipinski definition) is 4. The van der Waals surface area contributed by atoms with Gasteiger partial charge in [0.05, 0.1) is 12.7 Å². The van der Waals surface area contributed by atoms with Crippen molar-refractivity contribution >= 4 is 5.96 Å². The van der Waals surface area contributed by atoms with E-state index in [1.165, 1.54) is 32.2 Å². The number of hydrogen-bond donors (Lipinski definition) is 2. The summed E-state index contributed by atoms with van der Waals surface area (Å²) in [7, 11) is 1.85. The van der Waals surface area contributed by atoms with Crippen LogP contribution in [0.25, 0.3) is 0 Å². The number of rotatable bonds is 8. The zero-order valence-electron chi connectivity index (χ0n) is 17.5. The number of morpholine rings is 1. The highest BCUT2D eigenvalue weighted by Crippen LogP contribution is 2.18. The molecule has 2 atom stereocenters. The Morgan fingerprint density at radius 1 is 1.23 bits per heavy atom. The van der Waals surface area contributed by atoms with Crippen LogP contribution < -0.4 is 10.6 Å². The van der Waals surface area contributed by atoms with E-state index in [4.69, 9.17) is 4.74 Å². The maximum Gasteiger partial charge on any atom is 0.191 e. The maximum atomic E-state index is 5.92. The van der Waals surface area contributed by atoms with Crippen molar-refractivity contribution in [3.8, 4) is 0 Å². The first-order valence-electron chi connectivity index (χ1n) is 10.6. The van der Waals surface area contributed by atoms with Gasteiger partial charge in [0.1, 0.15) is 0 Å². The molecule has 0 aromatic carbocycles. The van der Waals surface area contributed by atoms with Gasteiger partial charge in [0.2, 0.25) is 0 Å². The second kappa shape index (κ2) is 11.8. The molecule has 152 valence electrons. The Morgan fingerprint density at radius 2 is 2.08 bits per heavy atom. The Labute approximate surface area is 160 Å². The zero-order chi connectivity index (χ0) is 18.8. The third kappa shape index (κ3) is 7.41. The molecule has 6 heteroatoms. The average Bonchev–Trinajstić information content (AvgIpc) is 2.64. The molecule has 2 N–H and O–H groups in total. The summed E-state index contributed by atoms with van der Waals surface area (Å²) in [6, 6.07) is 0.767. The van der Waals surface area contributed by atoms with Gasteiger partial charge < -0.3 is 15.4 Å². The topological polar surface area (TPSA) is 52.1 Å². The summed E-state index contributed by atoms with van der Waals surface area (Å²) >= 11 is 0. The molecule has 26 heavy (non-hydrogen) atoms. The molecule has 0 amide bonds. The van der Waals surface area contributed by atoms with Crippen LogP contribution >= 0.6 is 0 Å². The first kappa shape index (κ1) is 21.5. The fraction of sp³-hybridized carbons (Fsp3) is 0.950. The Kier molecular flexibility index (Phi) is 9.72. The molecule has 2 aliphatic heterocycles. The van der Waals surface area contributed by atoms with Gasteiger partial charge in [0.25, 0.3) is 0 Å². The van der Waals surface area contributed by atoms with Gasteiger partial charge >= 0.3 is 0 Å². The molecular weight excluding hydrogens is 326 g/mol. The van der Waals surface area contributed by atoms with Gasteiger partial charge in [-0.25, -0.2) is 0 Å². The summed E-state index contributed by atoms with van der Waals surface area (Å²) in [4.78, 5) is 9.52. The highest BCUT2D eigenvalue weighted by Gasteiger charge is 2.22. The zero-order valence-corrected chi connectivity index (χ0v) is 17.5. The Hall–Kier alpha value is -0.850. The molecule has 0 saturated carbocycles. The minimum Gasteiger partial charge on any atom is -0.374 e. The van der Waals surface area contributed by atoms with Gasteiger partial charge in [-0.2, -0.15) is 0 Å². The highest BCUT2D eigenvalue weighted by molar-refractivity contribution is 5.79. The molecule has 0 bridgehead atoms. The summed E-state index contributed by atoms with van der Waals surface area (Å²) in [6.45, 7) is 15.0. The van der Waals surface area contributed by atoms with Crippen LogP contribution in [0.4, 0.5) is 0 Å². The smallest absolute Gasteiger partial charge is 0.191 e. The molecule has 0 radical (unpaired) electrons. The first-order chi connectivity index (χ1) is 12.6. The number of nitrogens with one attached hydrogen (secondary N) is 2. The molecule has 2 fully saturated rings. The van der Waals surface area contributed by atoms with E-state index in [0.717, 1.165) is 57.9 Å². The van der Waals surface area contributed by atoms with Crippen molar-refractivity contribution in [3.63, 3.8) is 0 Å². The molecule has 2 unspecified atom stereocenters. The number of likely N-dealkylation sites (tertiary alicyclic amines) is 1. The van der Waals surface area contributed by atoms with Crippen molar-refractivity contribution < 1.29 is 4.74 Å². The quantitative estimate of drug-likeness (QED) is 0.506. The van der Waals surface area contributed by atoms with Gasteiger partial charge in [-0.3, -0.25) is 14.8 Å². The summed E-state index contributed by atoms with van der Waals surface area (Å²) in [5.74, 6) is 1.59. The molecule has 0 aliphatic carbocycles. The number of nitrogens with zero attached hydrogens (tertiary/aromatic N) is 3. The molecule has 0 spiro atoms. The number of guanidine groups is 1. The lowest BCUT2D eigenvalue weighted by Crippen LogP contribution is -2.51. The van der Waals surface area contributed by atoms with Crippen molar-refractivity contribution in [3.05, 3.63) is 0 Å². The van der Waals surface area contributed by atoms with Gasteiger partial charge in [-0.1, -0.05) is 27.2 Å². The number of piperidine rings is 1. The van der Waals surface area contributed by atoms with Crippen molar-refractivity contribution in [1.29, 1.82) is 0 Å². The monoisotopic (exact) mass is 367 g/mol. The molecule has 2 aliphatic rings. The first-order valence-corrected chi connectivity index (χ1v) is 10.6. The maximum absolute atomic E-state index is 5.92. The fourth-order valence-corrected chi connectivity index (χ4v) is 4.15. The normalized spacial score (nSPS) is 26.3. The lowest BCUT2D eigenvalue weighted by molar-refractivity contribution is -0.0284. The molecule has 2 heterocycles. The van der Waals surface area contributed by atoms with Crippen molar-refractivity contribution in [2.75, 3.05) is 59.5 Å². The van der Waals surface area contributed by atoms with E-state index >= 15 is 0 Å². The minimum atomic E-state index is 0.243. The molecule has 0 aromatic heterocycles. The summed E-state index contributed by atoms with van der Waals surface area (Å²) in [5.41, 5.74) is 0. The van der Waals surface area contributed by atoms with Gasteiger partial charge in [-0.15, -0.1) is 0 Å². The number of aliphatic imine (C=N–C) groups is 1. The van der Waals surface area contributed by atoms with Crippen molar-refractivity contribution in [2.45, 2.75) is 58.6 Å². The van der Waals surface area contributed by atoms with E-state index in [2.05, 4.69) is 46.2 Å². The second-order valence-corrected chi connectivity index (χ2v) is 8.12. The lowest BCUT2D eigenvalue weighted by atomic mass is 10.0. The Bertz CT molecular complexity index is 415. The van der Waals surface area contributed by atoms with Crippen LogP contribution in [-0.2, 0) is 4.74 Å². The molecule has 2 saturated heterocycles. The van der Waals surface area contributed by atoms with Crippen LogP contribution in [-0.4, -0.2) is 87.4 Å². The molecular formula is C20H41N5O. The van der Waals surface area contributed by atoms with Crippen LogP contribution in [0.3, 0.4) is 0 Å². The minimum absolute atomic E-state index is 0.243. The van der Waals surface area contributed by atoms with Crippen LogP contribution in [0.15, 0.2) is 4.99 Å². The average molecular weight is 368 g/mol. The lowest BCUT2D eigenvalue weighted by Gasteiger charge is -2.35. The molecule has 6 nitrogen and oxygen atoms in total. The second-order valence-electron chi connectivity index (χ2n) is 8.12. The van der Waals surface area contributed by atoms with E-state index in [9.17, 15) is 0 Å². The predicted octanol–water partition coefficient (Wildman–Crippen LogP) is 1.77. The molecule has 2 rings (SSSR count). The SMILES string of the molecule is CCC1CCCCN1CCNC(=NC)NCC1CN(CC(C)C)CCO1. The van der Waals surface area contributed by atoms with Gasteiger partial charge in [0.15, 0.2) is 5.96 Å². The summed E-state index contributed by atoms with van der Waals surface area (Å²) in [6.07, 6.45) is 5.59. The van der Waals surface area contributed by atoms with E-state index in [1.807, 2.05) is 7.05 Å².